The van der Waals surface area contributed by atoms with Crippen molar-refractivity contribution in [2.45, 2.75) is 19.0 Å². The van der Waals surface area contributed by atoms with Gasteiger partial charge in [-0.15, -0.1) is 6.58 Å². The first-order valence-corrected chi connectivity index (χ1v) is 9.49. The summed E-state index contributed by atoms with van der Waals surface area (Å²) in [6, 6.07) is 22.1. The van der Waals surface area contributed by atoms with Gasteiger partial charge < -0.3 is 0 Å². The van der Waals surface area contributed by atoms with Crippen molar-refractivity contribution in [2.75, 3.05) is 26.2 Å². The van der Waals surface area contributed by atoms with E-state index in [9.17, 15) is 0 Å². The van der Waals surface area contributed by atoms with E-state index in [1.165, 1.54) is 43.7 Å². The minimum Gasteiger partial charge on any atom is -0.298 e. The van der Waals surface area contributed by atoms with Gasteiger partial charge in [-0.3, -0.25) is 9.80 Å². The Morgan fingerprint density at radius 1 is 0.880 bits per heavy atom. The van der Waals surface area contributed by atoms with E-state index in [-0.39, 0.29) is 0 Å². The van der Waals surface area contributed by atoms with Gasteiger partial charge in [-0.05, 0) is 29.4 Å². The monoisotopic (exact) mass is 332 g/mol. The molecule has 3 atom stereocenters. The molecule has 0 saturated carbocycles. The van der Waals surface area contributed by atoms with Crippen LogP contribution in [0.25, 0.3) is 0 Å². The zero-order valence-electron chi connectivity index (χ0n) is 14.9. The van der Waals surface area contributed by atoms with Gasteiger partial charge in [-0.25, -0.2) is 0 Å². The number of rotatable bonds is 5. The first-order valence-electron chi connectivity index (χ1n) is 9.49. The van der Waals surface area contributed by atoms with Crippen molar-refractivity contribution in [3.63, 3.8) is 0 Å². The summed E-state index contributed by atoms with van der Waals surface area (Å²) in [5.74, 6) is 1.56. The number of nitrogens with zero attached hydrogens (tertiary/aromatic N) is 2. The molecule has 25 heavy (non-hydrogen) atoms. The third-order valence-electron chi connectivity index (χ3n) is 5.69. The summed E-state index contributed by atoms with van der Waals surface area (Å²) in [5, 5.41) is 0. The van der Waals surface area contributed by atoms with Gasteiger partial charge in [0.25, 0.3) is 0 Å². The topological polar surface area (TPSA) is 6.48 Å². The van der Waals surface area contributed by atoms with Gasteiger partial charge in [-0.2, -0.15) is 0 Å². The van der Waals surface area contributed by atoms with Gasteiger partial charge in [-0.1, -0.05) is 66.7 Å². The predicted molar refractivity (Wildman–Crippen MR) is 104 cm³/mol. The molecule has 0 amide bonds. The summed E-state index contributed by atoms with van der Waals surface area (Å²) < 4.78 is 0. The van der Waals surface area contributed by atoms with Crippen LogP contribution < -0.4 is 0 Å². The van der Waals surface area contributed by atoms with E-state index >= 15 is 0 Å². The molecule has 2 saturated heterocycles. The average Bonchev–Trinajstić information content (AvgIpc) is 2.63. The lowest BCUT2D eigenvalue weighted by atomic mass is 9.83. The Balaban J connectivity index is 1.42. The smallest absolute Gasteiger partial charge is 0.0529 e. The van der Waals surface area contributed by atoms with Gasteiger partial charge in [0.15, 0.2) is 0 Å². The van der Waals surface area contributed by atoms with E-state index in [4.69, 9.17) is 0 Å². The van der Waals surface area contributed by atoms with Gasteiger partial charge >= 0.3 is 0 Å². The fourth-order valence-electron chi connectivity index (χ4n) is 4.77. The number of fused-ring (bicyclic) bond motifs is 2. The van der Waals surface area contributed by atoms with E-state index in [1.54, 1.807) is 0 Å². The molecule has 130 valence electrons. The molecule has 2 aromatic carbocycles. The molecule has 0 spiro atoms. The van der Waals surface area contributed by atoms with Crippen LogP contribution in [0.3, 0.4) is 0 Å². The van der Waals surface area contributed by atoms with Crippen molar-refractivity contribution in [1.29, 1.82) is 0 Å². The number of benzene rings is 2. The lowest BCUT2D eigenvalue weighted by molar-refractivity contribution is 0.0159. The molecular formula is C23H28N2. The highest BCUT2D eigenvalue weighted by atomic mass is 15.2. The van der Waals surface area contributed by atoms with Crippen molar-refractivity contribution >= 4 is 0 Å². The lowest BCUT2D eigenvalue weighted by Crippen LogP contribution is -2.52. The second-order valence-corrected chi connectivity index (χ2v) is 7.69. The van der Waals surface area contributed by atoms with Crippen LogP contribution in [0.5, 0.6) is 0 Å². The molecule has 2 nitrogen and oxygen atoms in total. The third kappa shape index (κ3) is 3.86. The van der Waals surface area contributed by atoms with Crippen LogP contribution in [-0.2, 0) is 6.54 Å². The molecule has 0 radical (unpaired) electrons. The average molecular weight is 332 g/mol. The molecule has 2 heteroatoms. The zero-order chi connectivity index (χ0) is 17.1. The lowest BCUT2D eigenvalue weighted by Gasteiger charge is -2.47. The quantitative estimate of drug-likeness (QED) is 0.750. The second kappa shape index (κ2) is 7.55. The van der Waals surface area contributed by atoms with Crippen molar-refractivity contribution in [3.8, 4) is 0 Å². The number of piperidine rings is 2. The zero-order valence-corrected chi connectivity index (χ0v) is 14.9. The van der Waals surface area contributed by atoms with E-state index in [1.807, 2.05) is 0 Å². The maximum absolute atomic E-state index is 4.13. The van der Waals surface area contributed by atoms with E-state index in [0.29, 0.717) is 6.04 Å². The van der Waals surface area contributed by atoms with Crippen LogP contribution in [0.2, 0.25) is 0 Å². The number of hydrogen-bond donors (Lipinski definition) is 0. The summed E-state index contributed by atoms with van der Waals surface area (Å²) in [4.78, 5) is 5.32. The Morgan fingerprint density at radius 3 is 2.08 bits per heavy atom. The van der Waals surface area contributed by atoms with E-state index < -0.39 is 0 Å². The summed E-state index contributed by atoms with van der Waals surface area (Å²) in [5.41, 5.74) is 2.81. The normalized spacial score (nSPS) is 25.4. The van der Waals surface area contributed by atoms with Crippen molar-refractivity contribution in [3.05, 3.63) is 84.4 Å². The molecule has 2 aliphatic heterocycles. The van der Waals surface area contributed by atoms with Crippen molar-refractivity contribution in [2.24, 2.45) is 11.8 Å². The standard InChI is InChI=1S/C23H28N2/c1-2-23(22-11-7-4-8-12-22)25-17-20-13-21(18-25)16-24(15-20)14-19-9-5-3-6-10-19/h2-12,20-21,23H,1,13-18H2. The maximum atomic E-state index is 4.13. The number of hydrogen-bond acceptors (Lipinski definition) is 2. The van der Waals surface area contributed by atoms with Crippen LogP contribution in [0.15, 0.2) is 73.3 Å². The molecule has 2 heterocycles. The third-order valence-corrected chi connectivity index (χ3v) is 5.69. The van der Waals surface area contributed by atoms with Crippen molar-refractivity contribution in [1.82, 2.24) is 9.80 Å². The predicted octanol–water partition coefficient (Wildman–Crippen LogP) is 4.37. The summed E-state index contributed by atoms with van der Waals surface area (Å²) in [6.07, 6.45) is 3.51. The highest BCUT2D eigenvalue weighted by molar-refractivity contribution is 5.23. The number of likely N-dealkylation sites (tertiary alicyclic amines) is 2. The Bertz CT molecular complexity index is 668. The highest BCUT2D eigenvalue weighted by Crippen LogP contribution is 2.34. The van der Waals surface area contributed by atoms with Crippen LogP contribution in [0.1, 0.15) is 23.6 Å². The minimum absolute atomic E-state index is 0.354. The summed E-state index contributed by atoms with van der Waals surface area (Å²) >= 11 is 0. The summed E-state index contributed by atoms with van der Waals surface area (Å²) in [6.45, 7) is 10.0. The fraction of sp³-hybridized carbons (Fsp3) is 0.391. The Morgan fingerprint density at radius 2 is 1.48 bits per heavy atom. The summed E-state index contributed by atoms with van der Waals surface area (Å²) in [7, 11) is 0. The minimum atomic E-state index is 0.354. The molecule has 2 aliphatic rings. The van der Waals surface area contributed by atoms with E-state index in [2.05, 4.69) is 83.1 Å². The molecule has 0 N–H and O–H groups in total. The van der Waals surface area contributed by atoms with Crippen LogP contribution in [-0.4, -0.2) is 36.0 Å². The van der Waals surface area contributed by atoms with Gasteiger partial charge in [0.2, 0.25) is 0 Å². The molecule has 2 fully saturated rings. The first-order chi connectivity index (χ1) is 12.3. The molecule has 2 aromatic rings. The SMILES string of the molecule is C=CC(c1ccccc1)N1CC2CC(CN(Cc3ccccc3)C2)C1. The maximum Gasteiger partial charge on any atom is 0.0529 e. The van der Waals surface area contributed by atoms with Crippen LogP contribution in [0.4, 0.5) is 0 Å². The van der Waals surface area contributed by atoms with Crippen LogP contribution >= 0.6 is 0 Å². The Kier molecular flexibility index (Phi) is 5.00. The van der Waals surface area contributed by atoms with Gasteiger partial charge in [0.1, 0.15) is 0 Å². The van der Waals surface area contributed by atoms with Crippen molar-refractivity contribution < 1.29 is 0 Å². The first kappa shape index (κ1) is 16.6. The fourth-order valence-corrected chi connectivity index (χ4v) is 4.77. The molecule has 3 unspecified atom stereocenters. The molecular weight excluding hydrogens is 304 g/mol. The largest absolute Gasteiger partial charge is 0.298 e. The highest BCUT2D eigenvalue weighted by Gasteiger charge is 2.36. The Hall–Kier alpha value is -1.90. The Labute approximate surface area is 151 Å². The van der Waals surface area contributed by atoms with Gasteiger partial charge in [0, 0.05) is 32.7 Å². The van der Waals surface area contributed by atoms with Gasteiger partial charge in [0.05, 0.1) is 6.04 Å². The van der Waals surface area contributed by atoms with E-state index in [0.717, 1.165) is 18.4 Å². The molecule has 0 aromatic heterocycles. The van der Waals surface area contributed by atoms with Crippen LogP contribution in [0, 0.1) is 11.8 Å². The second-order valence-electron chi connectivity index (χ2n) is 7.69. The molecule has 0 aliphatic carbocycles. The molecule has 2 bridgehead atoms. The molecule has 4 rings (SSSR count).